The molecule has 2 aromatic rings. The topological polar surface area (TPSA) is 84.5 Å². The first-order valence-electron chi connectivity index (χ1n) is 7.89. The third-order valence-electron chi connectivity index (χ3n) is 3.88. The molecule has 2 amide bonds. The van der Waals surface area contributed by atoms with Gasteiger partial charge in [-0.2, -0.15) is 0 Å². The van der Waals surface area contributed by atoms with Gasteiger partial charge in [0.15, 0.2) is 0 Å². The van der Waals surface area contributed by atoms with E-state index < -0.39 is 5.97 Å². The highest BCUT2D eigenvalue weighted by atomic mass is 32.1. The molecule has 1 aromatic carbocycles. The van der Waals surface area contributed by atoms with E-state index >= 15 is 0 Å². The number of rotatable bonds is 5. The van der Waals surface area contributed by atoms with Crippen molar-refractivity contribution in [1.82, 2.24) is 0 Å². The molecule has 3 rings (SSSR count). The van der Waals surface area contributed by atoms with Gasteiger partial charge in [0.25, 0.3) is 5.91 Å². The average molecular weight is 358 g/mol. The summed E-state index contributed by atoms with van der Waals surface area (Å²) in [6.07, 6.45) is 1.87. The lowest BCUT2D eigenvalue weighted by Crippen LogP contribution is -2.12. The Labute approximate surface area is 149 Å². The van der Waals surface area contributed by atoms with Gasteiger partial charge in [0.1, 0.15) is 0 Å². The number of hydrogen-bond acceptors (Lipinski definition) is 5. The second-order valence-electron chi connectivity index (χ2n) is 5.91. The van der Waals surface area contributed by atoms with Crippen LogP contribution in [0.1, 0.15) is 38.4 Å². The summed E-state index contributed by atoms with van der Waals surface area (Å²) in [6.45, 7) is 1.83. The van der Waals surface area contributed by atoms with Gasteiger partial charge in [-0.1, -0.05) is 0 Å². The molecular weight excluding hydrogens is 340 g/mol. The Hall–Kier alpha value is -2.67. The Morgan fingerprint density at radius 2 is 1.80 bits per heavy atom. The van der Waals surface area contributed by atoms with E-state index in [-0.39, 0.29) is 17.7 Å². The van der Waals surface area contributed by atoms with Crippen molar-refractivity contribution in [3.05, 3.63) is 46.3 Å². The molecule has 1 aliphatic rings. The molecule has 0 bridgehead atoms. The molecule has 0 atom stereocenters. The molecule has 7 heteroatoms. The van der Waals surface area contributed by atoms with Crippen molar-refractivity contribution in [2.24, 2.45) is 5.92 Å². The predicted octanol–water partition coefficient (Wildman–Crippen LogP) is 3.44. The highest BCUT2D eigenvalue weighted by Gasteiger charge is 2.30. The SMILES string of the molecule is COC(=O)c1ccc(NC(=O)c2sc(NC(=O)C3CC3)cc2C)cc1. The number of carbonyl (C=O) groups excluding carboxylic acids is 3. The van der Waals surface area contributed by atoms with Gasteiger partial charge in [0, 0.05) is 11.6 Å². The third-order valence-corrected chi connectivity index (χ3v) is 5.03. The monoisotopic (exact) mass is 358 g/mol. The Bertz CT molecular complexity index is 822. The molecule has 1 heterocycles. The standard InChI is InChI=1S/C18H18N2O4S/c1-10-9-14(20-16(21)11-3-4-11)25-15(10)17(22)19-13-7-5-12(6-8-13)18(23)24-2/h5-9,11H,3-4H2,1-2H3,(H,19,22)(H,20,21). The van der Waals surface area contributed by atoms with Gasteiger partial charge in [0.05, 0.1) is 22.6 Å². The fraction of sp³-hybridized carbons (Fsp3) is 0.278. The summed E-state index contributed by atoms with van der Waals surface area (Å²) >= 11 is 1.25. The second-order valence-corrected chi connectivity index (χ2v) is 6.96. The Kier molecular flexibility index (Phi) is 4.85. The lowest BCUT2D eigenvalue weighted by molar-refractivity contribution is -0.117. The van der Waals surface area contributed by atoms with E-state index in [0.717, 1.165) is 18.4 Å². The van der Waals surface area contributed by atoms with Gasteiger partial charge < -0.3 is 15.4 Å². The first kappa shape index (κ1) is 17.2. The molecule has 1 fully saturated rings. The van der Waals surface area contributed by atoms with Crippen LogP contribution in [0.4, 0.5) is 10.7 Å². The highest BCUT2D eigenvalue weighted by molar-refractivity contribution is 7.18. The van der Waals surface area contributed by atoms with Gasteiger partial charge in [0.2, 0.25) is 5.91 Å². The van der Waals surface area contributed by atoms with Crippen LogP contribution in [0, 0.1) is 12.8 Å². The van der Waals surface area contributed by atoms with Crippen molar-refractivity contribution in [3.8, 4) is 0 Å². The number of thiophene rings is 1. The predicted molar refractivity (Wildman–Crippen MR) is 96.1 cm³/mol. The largest absolute Gasteiger partial charge is 0.465 e. The molecule has 0 saturated heterocycles. The molecule has 2 N–H and O–H groups in total. The lowest BCUT2D eigenvalue weighted by Gasteiger charge is -2.05. The van der Waals surface area contributed by atoms with E-state index in [1.165, 1.54) is 18.4 Å². The van der Waals surface area contributed by atoms with Crippen LogP contribution in [0.25, 0.3) is 0 Å². The molecule has 25 heavy (non-hydrogen) atoms. The first-order chi connectivity index (χ1) is 12.0. The molecule has 6 nitrogen and oxygen atoms in total. The minimum atomic E-state index is -0.428. The maximum absolute atomic E-state index is 12.5. The summed E-state index contributed by atoms with van der Waals surface area (Å²) in [7, 11) is 1.32. The molecule has 0 spiro atoms. The number of aryl methyl sites for hydroxylation is 1. The maximum atomic E-state index is 12.5. The quantitative estimate of drug-likeness (QED) is 0.802. The molecular formula is C18H18N2O4S. The first-order valence-corrected chi connectivity index (χ1v) is 8.70. The van der Waals surface area contributed by atoms with E-state index in [4.69, 9.17) is 0 Å². The van der Waals surface area contributed by atoms with Crippen LogP contribution < -0.4 is 10.6 Å². The summed E-state index contributed by atoms with van der Waals surface area (Å²) in [5.41, 5.74) is 1.80. The van der Waals surface area contributed by atoms with E-state index in [0.29, 0.717) is 21.1 Å². The summed E-state index contributed by atoms with van der Waals surface area (Å²) in [5, 5.41) is 6.33. The number of anilines is 2. The number of amides is 2. The molecule has 1 saturated carbocycles. The third kappa shape index (κ3) is 4.06. The van der Waals surface area contributed by atoms with Crippen molar-refractivity contribution in [2.75, 3.05) is 17.7 Å². The summed E-state index contributed by atoms with van der Waals surface area (Å²) in [6, 6.07) is 8.26. The Morgan fingerprint density at radius 1 is 1.12 bits per heavy atom. The molecule has 1 aliphatic carbocycles. The van der Waals surface area contributed by atoms with E-state index in [1.54, 1.807) is 30.3 Å². The Morgan fingerprint density at radius 3 is 2.40 bits per heavy atom. The van der Waals surface area contributed by atoms with Gasteiger partial charge >= 0.3 is 5.97 Å². The summed E-state index contributed by atoms with van der Waals surface area (Å²) in [4.78, 5) is 36.2. The van der Waals surface area contributed by atoms with Crippen molar-refractivity contribution in [2.45, 2.75) is 19.8 Å². The number of benzene rings is 1. The van der Waals surface area contributed by atoms with E-state index in [9.17, 15) is 14.4 Å². The Balaban J connectivity index is 1.67. The van der Waals surface area contributed by atoms with Crippen LogP contribution in [0.5, 0.6) is 0 Å². The molecule has 1 aromatic heterocycles. The number of ether oxygens (including phenoxy) is 1. The van der Waals surface area contributed by atoms with Gasteiger partial charge in [-0.05, 0) is 55.7 Å². The van der Waals surface area contributed by atoms with Crippen LogP contribution in [0.2, 0.25) is 0 Å². The van der Waals surface area contributed by atoms with Crippen LogP contribution in [0.3, 0.4) is 0 Å². The number of hydrogen-bond donors (Lipinski definition) is 2. The van der Waals surface area contributed by atoms with Crippen molar-refractivity contribution < 1.29 is 19.1 Å². The minimum Gasteiger partial charge on any atom is -0.465 e. The second kappa shape index (κ2) is 7.06. The van der Waals surface area contributed by atoms with Crippen molar-refractivity contribution in [3.63, 3.8) is 0 Å². The van der Waals surface area contributed by atoms with Gasteiger partial charge in [-0.3, -0.25) is 9.59 Å². The number of esters is 1. The fourth-order valence-corrected chi connectivity index (χ4v) is 3.30. The fourth-order valence-electron chi connectivity index (χ4n) is 2.33. The zero-order valence-electron chi connectivity index (χ0n) is 13.9. The maximum Gasteiger partial charge on any atom is 0.337 e. The van der Waals surface area contributed by atoms with E-state index in [2.05, 4.69) is 15.4 Å². The number of nitrogens with one attached hydrogen (secondary N) is 2. The zero-order chi connectivity index (χ0) is 18.0. The lowest BCUT2D eigenvalue weighted by atomic mass is 10.2. The van der Waals surface area contributed by atoms with Crippen LogP contribution in [-0.2, 0) is 9.53 Å². The number of methoxy groups -OCH3 is 1. The molecule has 0 aliphatic heterocycles. The molecule has 130 valence electrons. The van der Waals surface area contributed by atoms with Gasteiger partial charge in [-0.15, -0.1) is 11.3 Å². The van der Waals surface area contributed by atoms with Crippen LogP contribution >= 0.6 is 11.3 Å². The summed E-state index contributed by atoms with van der Waals surface area (Å²) in [5.74, 6) is -0.539. The van der Waals surface area contributed by atoms with E-state index in [1.807, 2.05) is 6.92 Å². The van der Waals surface area contributed by atoms with Crippen LogP contribution in [-0.4, -0.2) is 24.9 Å². The normalized spacial score (nSPS) is 13.2. The summed E-state index contributed by atoms with van der Waals surface area (Å²) < 4.78 is 4.64. The highest BCUT2D eigenvalue weighted by Crippen LogP contribution is 2.33. The smallest absolute Gasteiger partial charge is 0.337 e. The average Bonchev–Trinajstić information content (AvgIpc) is 3.39. The minimum absolute atomic E-state index is 0.0200. The zero-order valence-corrected chi connectivity index (χ0v) is 14.7. The van der Waals surface area contributed by atoms with Gasteiger partial charge in [-0.25, -0.2) is 4.79 Å². The van der Waals surface area contributed by atoms with Crippen molar-refractivity contribution in [1.29, 1.82) is 0 Å². The number of carbonyl (C=O) groups is 3. The molecule has 0 radical (unpaired) electrons. The van der Waals surface area contributed by atoms with Crippen LogP contribution in [0.15, 0.2) is 30.3 Å². The molecule has 0 unspecified atom stereocenters. The van der Waals surface area contributed by atoms with Crippen molar-refractivity contribution >= 4 is 39.8 Å².